The van der Waals surface area contributed by atoms with Crippen molar-refractivity contribution in [3.63, 3.8) is 0 Å². The lowest BCUT2D eigenvalue weighted by atomic mass is 9.95. The molecule has 164 valence electrons. The Morgan fingerprint density at radius 3 is 2.38 bits per heavy atom. The molecule has 2 aliphatic heterocycles. The number of fused-ring (bicyclic) bond motifs is 2. The second-order valence-electron chi connectivity index (χ2n) is 8.24. The van der Waals surface area contributed by atoms with E-state index in [9.17, 15) is 0 Å². The summed E-state index contributed by atoms with van der Waals surface area (Å²) < 4.78 is 23.2. The number of methoxy groups -OCH3 is 2. The van der Waals surface area contributed by atoms with Crippen LogP contribution in [0.4, 0.5) is 5.69 Å². The third-order valence-corrected chi connectivity index (χ3v) is 6.15. The van der Waals surface area contributed by atoms with Crippen molar-refractivity contribution in [3.05, 3.63) is 76.3 Å². The Bertz CT molecular complexity index is 1200. The number of aryl methyl sites for hydroxylation is 1. The molecule has 0 spiro atoms. The molecule has 32 heavy (non-hydrogen) atoms. The van der Waals surface area contributed by atoms with Gasteiger partial charge in [0, 0.05) is 28.9 Å². The SMILES string of the molecule is COc1ccc(C2=Cc3cc4c(c(C)c3OC2)OCN(c2ccc(C)cc2)C4)cc1OC. The molecule has 5 heteroatoms. The largest absolute Gasteiger partial charge is 0.493 e. The molecule has 0 saturated carbocycles. The summed E-state index contributed by atoms with van der Waals surface area (Å²) in [5, 5.41) is 0. The Morgan fingerprint density at radius 1 is 0.844 bits per heavy atom. The topological polar surface area (TPSA) is 40.2 Å². The van der Waals surface area contributed by atoms with Gasteiger partial charge in [-0.3, -0.25) is 0 Å². The zero-order valence-corrected chi connectivity index (χ0v) is 18.9. The Hall–Kier alpha value is -3.60. The Balaban J connectivity index is 1.49. The van der Waals surface area contributed by atoms with Crippen LogP contribution in [0.25, 0.3) is 11.6 Å². The fourth-order valence-electron chi connectivity index (χ4n) is 4.39. The van der Waals surface area contributed by atoms with Crippen LogP contribution >= 0.6 is 0 Å². The molecule has 2 aliphatic rings. The van der Waals surface area contributed by atoms with E-state index in [1.807, 2.05) is 18.2 Å². The van der Waals surface area contributed by atoms with Crippen LogP contribution < -0.4 is 23.8 Å². The first-order valence-corrected chi connectivity index (χ1v) is 10.7. The first kappa shape index (κ1) is 20.3. The molecule has 5 rings (SSSR count). The highest BCUT2D eigenvalue weighted by Gasteiger charge is 2.26. The number of nitrogens with zero attached hydrogens (tertiary/aromatic N) is 1. The highest BCUT2D eigenvalue weighted by molar-refractivity contribution is 5.87. The number of benzene rings is 3. The minimum Gasteiger partial charge on any atom is -0.493 e. The van der Waals surface area contributed by atoms with Gasteiger partial charge in [0.2, 0.25) is 0 Å². The van der Waals surface area contributed by atoms with Crippen LogP contribution in [0.5, 0.6) is 23.0 Å². The molecule has 5 nitrogen and oxygen atoms in total. The van der Waals surface area contributed by atoms with E-state index < -0.39 is 0 Å². The van der Waals surface area contributed by atoms with Crippen molar-refractivity contribution in [2.45, 2.75) is 20.4 Å². The minimum absolute atomic E-state index is 0.498. The van der Waals surface area contributed by atoms with Gasteiger partial charge in [0.1, 0.15) is 18.1 Å². The smallest absolute Gasteiger partial charge is 0.161 e. The molecule has 0 N–H and O–H groups in total. The fourth-order valence-corrected chi connectivity index (χ4v) is 4.39. The third-order valence-electron chi connectivity index (χ3n) is 6.15. The van der Waals surface area contributed by atoms with Crippen LogP contribution in [0.15, 0.2) is 48.5 Å². The fraction of sp³-hybridized carbons (Fsp3) is 0.259. The Labute approximate surface area is 188 Å². The van der Waals surface area contributed by atoms with E-state index in [0.29, 0.717) is 24.8 Å². The predicted molar refractivity (Wildman–Crippen MR) is 127 cm³/mol. The normalized spacial score (nSPS) is 14.5. The highest BCUT2D eigenvalue weighted by Crippen LogP contribution is 2.43. The van der Waals surface area contributed by atoms with Gasteiger partial charge >= 0.3 is 0 Å². The molecule has 0 bridgehead atoms. The maximum absolute atomic E-state index is 6.21. The molecule has 2 heterocycles. The van der Waals surface area contributed by atoms with Gasteiger partial charge in [-0.25, -0.2) is 0 Å². The molecule has 0 aromatic heterocycles. The summed E-state index contributed by atoms with van der Waals surface area (Å²) in [6.07, 6.45) is 2.21. The van der Waals surface area contributed by atoms with Crippen LogP contribution in [-0.2, 0) is 6.54 Å². The zero-order chi connectivity index (χ0) is 22.2. The van der Waals surface area contributed by atoms with Gasteiger partial charge in [-0.05, 0) is 61.4 Å². The highest BCUT2D eigenvalue weighted by atomic mass is 16.5. The summed E-state index contributed by atoms with van der Waals surface area (Å²) in [6.45, 7) is 6.00. The van der Waals surface area contributed by atoms with E-state index in [1.54, 1.807) is 14.2 Å². The Kier molecular flexibility index (Phi) is 5.17. The number of ether oxygens (including phenoxy) is 4. The number of anilines is 1. The van der Waals surface area contributed by atoms with Crippen molar-refractivity contribution in [1.82, 2.24) is 0 Å². The first-order chi connectivity index (χ1) is 15.6. The molecule has 0 unspecified atom stereocenters. The molecule has 0 aliphatic carbocycles. The van der Waals surface area contributed by atoms with Crippen molar-refractivity contribution in [3.8, 4) is 23.0 Å². The van der Waals surface area contributed by atoms with Crippen LogP contribution in [-0.4, -0.2) is 27.6 Å². The van der Waals surface area contributed by atoms with Crippen molar-refractivity contribution in [2.24, 2.45) is 0 Å². The standard InChI is InChI=1S/C27H27NO4/c1-17-5-8-23(9-6-17)28-14-21-11-20-12-22(15-31-26(20)18(2)27(21)32-16-28)19-7-10-24(29-3)25(13-19)30-4/h5-13H,14-16H2,1-4H3. The van der Waals surface area contributed by atoms with Crippen molar-refractivity contribution < 1.29 is 18.9 Å². The van der Waals surface area contributed by atoms with Gasteiger partial charge in [-0.2, -0.15) is 0 Å². The molecule has 3 aromatic rings. The first-order valence-electron chi connectivity index (χ1n) is 10.7. The second-order valence-corrected chi connectivity index (χ2v) is 8.24. The van der Waals surface area contributed by atoms with E-state index >= 15 is 0 Å². The summed E-state index contributed by atoms with van der Waals surface area (Å²) in [6, 6.07) is 16.7. The summed E-state index contributed by atoms with van der Waals surface area (Å²) in [5.74, 6) is 3.26. The van der Waals surface area contributed by atoms with E-state index in [-0.39, 0.29) is 0 Å². The average molecular weight is 430 g/mol. The summed E-state index contributed by atoms with van der Waals surface area (Å²) in [7, 11) is 3.29. The molecule has 0 amide bonds. The lowest BCUT2D eigenvalue weighted by Crippen LogP contribution is -2.32. The molecule has 3 aromatic carbocycles. The van der Waals surface area contributed by atoms with Gasteiger partial charge in [0.05, 0.1) is 14.2 Å². The van der Waals surface area contributed by atoms with E-state index in [1.165, 1.54) is 11.1 Å². The van der Waals surface area contributed by atoms with Crippen LogP contribution in [0.2, 0.25) is 0 Å². The van der Waals surface area contributed by atoms with Crippen LogP contribution in [0, 0.1) is 13.8 Å². The van der Waals surface area contributed by atoms with Gasteiger partial charge in [-0.15, -0.1) is 0 Å². The van der Waals surface area contributed by atoms with Gasteiger partial charge in [0.15, 0.2) is 18.2 Å². The van der Waals surface area contributed by atoms with Gasteiger partial charge in [-0.1, -0.05) is 23.8 Å². The lowest BCUT2D eigenvalue weighted by Gasteiger charge is -2.33. The third kappa shape index (κ3) is 3.54. The predicted octanol–water partition coefficient (Wildman–Crippen LogP) is 5.61. The molecular weight excluding hydrogens is 402 g/mol. The van der Waals surface area contributed by atoms with Crippen molar-refractivity contribution in [1.29, 1.82) is 0 Å². The second kappa shape index (κ2) is 8.15. The molecule has 0 atom stereocenters. The van der Waals surface area contributed by atoms with E-state index in [4.69, 9.17) is 18.9 Å². The monoisotopic (exact) mass is 429 g/mol. The minimum atomic E-state index is 0.498. The van der Waals surface area contributed by atoms with Crippen molar-refractivity contribution in [2.75, 3.05) is 32.5 Å². The van der Waals surface area contributed by atoms with Crippen molar-refractivity contribution >= 4 is 17.3 Å². The average Bonchev–Trinajstić information content (AvgIpc) is 2.83. The number of hydrogen-bond acceptors (Lipinski definition) is 5. The maximum atomic E-state index is 6.21. The molecule has 0 saturated heterocycles. The number of hydrogen-bond donors (Lipinski definition) is 0. The zero-order valence-electron chi connectivity index (χ0n) is 18.9. The van der Waals surface area contributed by atoms with E-state index in [0.717, 1.165) is 46.0 Å². The van der Waals surface area contributed by atoms with Gasteiger partial charge < -0.3 is 23.8 Å². The van der Waals surface area contributed by atoms with E-state index in [2.05, 4.69) is 55.2 Å². The molecule has 0 fully saturated rings. The molecule has 0 radical (unpaired) electrons. The summed E-state index contributed by atoms with van der Waals surface area (Å²) in [5.41, 5.74) is 7.87. The summed E-state index contributed by atoms with van der Waals surface area (Å²) >= 11 is 0. The summed E-state index contributed by atoms with van der Waals surface area (Å²) in [4.78, 5) is 2.25. The maximum Gasteiger partial charge on any atom is 0.161 e. The number of rotatable bonds is 4. The van der Waals surface area contributed by atoms with Gasteiger partial charge in [0.25, 0.3) is 0 Å². The quantitative estimate of drug-likeness (QED) is 0.539. The van der Waals surface area contributed by atoms with Crippen LogP contribution in [0.1, 0.15) is 27.8 Å². The Morgan fingerprint density at radius 2 is 1.62 bits per heavy atom. The lowest BCUT2D eigenvalue weighted by molar-refractivity contribution is 0.282. The van der Waals surface area contributed by atoms with Crippen LogP contribution in [0.3, 0.4) is 0 Å². The molecular formula is C27H27NO4.